The number of rotatable bonds is 13. The molecule has 3 rings (SSSR count). The van der Waals surface area contributed by atoms with Crippen molar-refractivity contribution in [1.29, 1.82) is 0 Å². The van der Waals surface area contributed by atoms with Crippen molar-refractivity contribution in [3.05, 3.63) is 51.1 Å². The van der Waals surface area contributed by atoms with Crippen LogP contribution in [0.3, 0.4) is 0 Å². The molecule has 9 heteroatoms. The van der Waals surface area contributed by atoms with Gasteiger partial charge in [-0.15, -0.1) is 11.3 Å². The van der Waals surface area contributed by atoms with Gasteiger partial charge >= 0.3 is 5.97 Å². The molecular formula is C26H33N3O4S2. The highest BCUT2D eigenvalue weighted by Crippen LogP contribution is 2.29. The number of hydrogen-bond donors (Lipinski definition) is 2. The fraction of sp³-hybridized carbons (Fsp3) is 0.462. The number of nitrogens with one attached hydrogen (secondary N) is 1. The van der Waals surface area contributed by atoms with E-state index in [9.17, 15) is 14.4 Å². The van der Waals surface area contributed by atoms with Crippen LogP contribution in [0.4, 0.5) is 5.69 Å². The molecule has 0 spiro atoms. The van der Waals surface area contributed by atoms with E-state index < -0.39 is 11.2 Å². The number of nitrogens with zero attached hydrogens (tertiary/aromatic N) is 2. The van der Waals surface area contributed by atoms with E-state index in [0.717, 1.165) is 29.7 Å². The molecule has 7 nitrogen and oxygen atoms in total. The molecule has 0 radical (unpaired) electrons. The Bertz CT molecular complexity index is 1210. The Morgan fingerprint density at radius 2 is 1.83 bits per heavy atom. The molecule has 0 aliphatic heterocycles. The molecular weight excluding hydrogens is 482 g/mol. The highest BCUT2D eigenvalue weighted by molar-refractivity contribution is 8.00. The molecule has 1 atom stereocenters. The number of aliphatic carboxylic acids is 1. The molecule has 2 N–H and O–H groups in total. The summed E-state index contributed by atoms with van der Waals surface area (Å²) in [5.74, 6) is -0.909. The third-order valence-electron chi connectivity index (χ3n) is 5.96. The number of aromatic nitrogens is 2. The molecule has 1 amide bonds. The summed E-state index contributed by atoms with van der Waals surface area (Å²) < 4.78 is 2.25. The zero-order chi connectivity index (χ0) is 25.4. The van der Waals surface area contributed by atoms with Crippen molar-refractivity contribution in [2.45, 2.75) is 82.7 Å². The summed E-state index contributed by atoms with van der Waals surface area (Å²) in [7, 11) is 0. The smallest absolute Gasteiger partial charge is 0.303 e. The van der Waals surface area contributed by atoms with E-state index in [4.69, 9.17) is 10.1 Å². The molecule has 0 unspecified atom stereocenters. The van der Waals surface area contributed by atoms with E-state index in [1.807, 2.05) is 36.6 Å². The minimum atomic E-state index is -0.812. The number of thiophene rings is 1. The molecule has 0 aliphatic rings. The topological polar surface area (TPSA) is 101 Å². The van der Waals surface area contributed by atoms with Gasteiger partial charge in [-0.25, -0.2) is 4.98 Å². The predicted molar refractivity (Wildman–Crippen MR) is 144 cm³/mol. The molecule has 2 aromatic heterocycles. The SMILES string of the molecule is CCc1cccc(CC)c1NC(=O)[C@@H](CC)Sc1nc2ccsc2c(=O)n1CCCCCC(=O)O. The Morgan fingerprint density at radius 1 is 1.11 bits per heavy atom. The lowest BCUT2D eigenvalue weighted by Gasteiger charge is -2.20. The molecule has 1 aromatic carbocycles. The normalized spacial score (nSPS) is 12.1. The summed E-state index contributed by atoms with van der Waals surface area (Å²) >= 11 is 2.68. The number of carboxylic acids is 1. The van der Waals surface area contributed by atoms with Gasteiger partial charge in [0.1, 0.15) is 4.70 Å². The maximum absolute atomic E-state index is 13.4. The summed E-state index contributed by atoms with van der Waals surface area (Å²) in [6.07, 6.45) is 4.30. The van der Waals surface area contributed by atoms with Crippen molar-refractivity contribution in [3.63, 3.8) is 0 Å². The first-order valence-corrected chi connectivity index (χ1v) is 13.9. The standard InChI is InChI=1S/C26H33N3O4S2/c1-4-17-11-10-12-18(5-2)22(17)28-24(32)20(6-3)35-26-27-19-14-16-34-23(19)25(33)29(26)15-9-7-8-13-21(30)31/h10-12,14,16,20H,4-9,13,15H2,1-3H3,(H,28,32)(H,30,31)/t20-/m1/s1. The van der Waals surface area contributed by atoms with Crippen molar-refractivity contribution in [2.75, 3.05) is 5.32 Å². The van der Waals surface area contributed by atoms with E-state index in [1.54, 1.807) is 4.57 Å². The number of carboxylic acid groups (broad SMARTS) is 1. The summed E-state index contributed by atoms with van der Waals surface area (Å²) in [5, 5.41) is 14.0. The molecule has 0 saturated heterocycles. The van der Waals surface area contributed by atoms with E-state index in [0.29, 0.717) is 47.6 Å². The second-order valence-corrected chi connectivity index (χ2v) is 10.4. The predicted octanol–water partition coefficient (Wildman–Crippen LogP) is 5.74. The van der Waals surface area contributed by atoms with Gasteiger partial charge in [0, 0.05) is 18.7 Å². The molecule has 0 fully saturated rings. The number of benzene rings is 1. The van der Waals surface area contributed by atoms with Crippen LogP contribution in [0, 0.1) is 0 Å². The fourth-order valence-corrected chi connectivity index (χ4v) is 5.81. The van der Waals surface area contributed by atoms with E-state index in [-0.39, 0.29) is 17.9 Å². The van der Waals surface area contributed by atoms with E-state index in [1.165, 1.54) is 23.1 Å². The molecule has 3 aromatic rings. The number of hydrogen-bond acceptors (Lipinski definition) is 6. The van der Waals surface area contributed by atoms with Crippen LogP contribution >= 0.6 is 23.1 Å². The van der Waals surface area contributed by atoms with Crippen molar-refractivity contribution in [3.8, 4) is 0 Å². The molecule has 0 aliphatic carbocycles. The van der Waals surface area contributed by atoms with Gasteiger partial charge in [0.25, 0.3) is 5.56 Å². The minimum Gasteiger partial charge on any atom is -0.481 e. The van der Waals surface area contributed by atoms with Gasteiger partial charge in [-0.2, -0.15) is 0 Å². The van der Waals surface area contributed by atoms with Crippen molar-refractivity contribution >= 4 is 50.9 Å². The van der Waals surface area contributed by atoms with Gasteiger partial charge in [-0.3, -0.25) is 19.0 Å². The maximum atomic E-state index is 13.4. The lowest BCUT2D eigenvalue weighted by molar-refractivity contribution is -0.137. The lowest BCUT2D eigenvalue weighted by atomic mass is 10.0. The highest BCUT2D eigenvalue weighted by atomic mass is 32.2. The van der Waals surface area contributed by atoms with Crippen LogP contribution in [-0.2, 0) is 29.0 Å². The van der Waals surface area contributed by atoms with Crippen molar-refractivity contribution < 1.29 is 14.7 Å². The van der Waals surface area contributed by atoms with Crippen LogP contribution in [0.15, 0.2) is 39.6 Å². The minimum absolute atomic E-state index is 0.0965. The number of carbonyl (C=O) groups is 2. The van der Waals surface area contributed by atoms with E-state index >= 15 is 0 Å². The monoisotopic (exact) mass is 515 g/mol. The third kappa shape index (κ3) is 6.73. The number of anilines is 1. The second-order valence-electron chi connectivity index (χ2n) is 8.35. The second kappa shape index (κ2) is 12.9. The first-order chi connectivity index (χ1) is 16.9. The number of para-hydroxylation sites is 1. The van der Waals surface area contributed by atoms with Crippen LogP contribution in [0.25, 0.3) is 10.2 Å². The Hall–Kier alpha value is -2.65. The largest absolute Gasteiger partial charge is 0.481 e. The number of amides is 1. The molecule has 188 valence electrons. The first kappa shape index (κ1) is 26.9. The Morgan fingerprint density at radius 3 is 2.46 bits per heavy atom. The van der Waals surface area contributed by atoms with Crippen LogP contribution in [0.5, 0.6) is 0 Å². The van der Waals surface area contributed by atoms with Crippen molar-refractivity contribution in [2.24, 2.45) is 0 Å². The summed E-state index contributed by atoms with van der Waals surface area (Å²) in [4.78, 5) is 42.1. The summed E-state index contributed by atoms with van der Waals surface area (Å²) in [6.45, 7) is 6.55. The average molecular weight is 516 g/mol. The Kier molecular flexibility index (Phi) is 9.92. The van der Waals surface area contributed by atoms with E-state index in [2.05, 4.69) is 19.2 Å². The average Bonchev–Trinajstić information content (AvgIpc) is 3.32. The quantitative estimate of drug-likeness (QED) is 0.171. The van der Waals surface area contributed by atoms with Crippen LogP contribution < -0.4 is 10.9 Å². The van der Waals surface area contributed by atoms with Crippen LogP contribution in [-0.4, -0.2) is 31.8 Å². The first-order valence-electron chi connectivity index (χ1n) is 12.2. The third-order valence-corrected chi connectivity index (χ3v) is 8.21. The number of thioether (sulfide) groups is 1. The molecule has 2 heterocycles. The van der Waals surface area contributed by atoms with Gasteiger partial charge in [-0.05, 0) is 54.7 Å². The number of aryl methyl sites for hydroxylation is 2. The van der Waals surface area contributed by atoms with Gasteiger partial charge in [-0.1, -0.05) is 57.2 Å². The Balaban J connectivity index is 1.84. The number of unbranched alkanes of at least 4 members (excludes halogenated alkanes) is 2. The highest BCUT2D eigenvalue weighted by Gasteiger charge is 2.23. The van der Waals surface area contributed by atoms with Gasteiger partial charge in [0.2, 0.25) is 5.91 Å². The number of carbonyl (C=O) groups excluding carboxylic acids is 1. The zero-order valence-electron chi connectivity index (χ0n) is 20.5. The van der Waals surface area contributed by atoms with Crippen LogP contribution in [0.2, 0.25) is 0 Å². The Labute approximate surface area is 214 Å². The summed E-state index contributed by atoms with van der Waals surface area (Å²) in [6, 6.07) is 7.93. The maximum Gasteiger partial charge on any atom is 0.303 e. The lowest BCUT2D eigenvalue weighted by Crippen LogP contribution is -2.28. The number of fused-ring (bicyclic) bond motifs is 1. The molecule has 0 bridgehead atoms. The van der Waals surface area contributed by atoms with Crippen molar-refractivity contribution in [1.82, 2.24) is 9.55 Å². The molecule has 35 heavy (non-hydrogen) atoms. The van der Waals surface area contributed by atoms with Gasteiger partial charge < -0.3 is 10.4 Å². The zero-order valence-corrected chi connectivity index (χ0v) is 22.1. The molecule has 0 saturated carbocycles. The summed E-state index contributed by atoms with van der Waals surface area (Å²) in [5.41, 5.74) is 3.64. The van der Waals surface area contributed by atoms with Gasteiger partial charge in [0.05, 0.1) is 10.8 Å². The van der Waals surface area contributed by atoms with Gasteiger partial charge in [0.15, 0.2) is 5.16 Å². The fourth-order valence-electron chi connectivity index (χ4n) is 3.99. The van der Waals surface area contributed by atoms with Crippen LogP contribution in [0.1, 0.15) is 64.0 Å².